The Hall–Kier alpha value is -3.18. The molecule has 0 atom stereocenters. The van der Waals surface area contributed by atoms with Gasteiger partial charge in [0.25, 0.3) is 0 Å². The van der Waals surface area contributed by atoms with Crippen molar-refractivity contribution in [3.05, 3.63) is 35.9 Å². The van der Waals surface area contributed by atoms with Gasteiger partial charge < -0.3 is 34.9 Å². The van der Waals surface area contributed by atoms with Gasteiger partial charge in [0, 0.05) is 32.0 Å². The van der Waals surface area contributed by atoms with Crippen LogP contribution in [0.4, 0.5) is 4.79 Å². The molecule has 0 spiro atoms. The Morgan fingerprint density at radius 3 is 2.15 bits per heavy atom. The first-order valence-electron chi connectivity index (χ1n) is 14.0. The lowest BCUT2D eigenvalue weighted by molar-refractivity contribution is -0.161. The number of hydrogen-bond donors (Lipinski definition) is 3. The Morgan fingerprint density at radius 1 is 0.800 bits per heavy atom. The Kier molecular flexibility index (Phi) is 15.0. The maximum absolute atomic E-state index is 12.2. The Morgan fingerprint density at radius 2 is 1.48 bits per heavy atom. The summed E-state index contributed by atoms with van der Waals surface area (Å²) in [5.74, 6) is -0.514. The second-order valence-electron chi connectivity index (χ2n) is 10.7. The maximum atomic E-state index is 12.2. The molecule has 0 bridgehead atoms. The summed E-state index contributed by atoms with van der Waals surface area (Å²) in [6.45, 7) is 7.60. The second kappa shape index (κ2) is 18.2. The van der Waals surface area contributed by atoms with E-state index in [4.69, 9.17) is 18.9 Å². The summed E-state index contributed by atoms with van der Waals surface area (Å²) in [6.07, 6.45) is 2.79. The van der Waals surface area contributed by atoms with Crippen LogP contribution in [0.5, 0.6) is 0 Å². The molecular weight excluding hydrogens is 518 g/mol. The molecule has 2 rings (SSSR count). The predicted molar refractivity (Wildman–Crippen MR) is 148 cm³/mol. The average Bonchev–Trinajstić information content (AvgIpc) is 2.91. The van der Waals surface area contributed by atoms with E-state index in [9.17, 15) is 19.2 Å². The van der Waals surface area contributed by atoms with Gasteiger partial charge in [-0.2, -0.15) is 0 Å². The van der Waals surface area contributed by atoms with Crippen molar-refractivity contribution in [2.45, 2.75) is 77.5 Å². The third-order valence-corrected chi connectivity index (χ3v) is 6.08. The first kappa shape index (κ1) is 33.0. The van der Waals surface area contributed by atoms with E-state index in [1.807, 2.05) is 51.1 Å². The third kappa shape index (κ3) is 15.4. The van der Waals surface area contributed by atoms with Gasteiger partial charge >= 0.3 is 12.1 Å². The first-order chi connectivity index (χ1) is 19.1. The van der Waals surface area contributed by atoms with Crippen LogP contribution in [0.25, 0.3) is 0 Å². The lowest BCUT2D eigenvalue weighted by Crippen LogP contribution is -2.40. The van der Waals surface area contributed by atoms with Crippen molar-refractivity contribution in [1.82, 2.24) is 16.0 Å². The van der Waals surface area contributed by atoms with Crippen LogP contribution < -0.4 is 16.0 Å². The molecule has 1 aliphatic rings. The van der Waals surface area contributed by atoms with Crippen molar-refractivity contribution in [2.75, 3.05) is 39.5 Å². The van der Waals surface area contributed by atoms with Crippen molar-refractivity contribution >= 4 is 23.9 Å². The van der Waals surface area contributed by atoms with E-state index in [1.165, 1.54) is 0 Å². The van der Waals surface area contributed by atoms with Crippen molar-refractivity contribution in [3.63, 3.8) is 0 Å². The van der Waals surface area contributed by atoms with Crippen LogP contribution in [0.3, 0.4) is 0 Å². The minimum Gasteiger partial charge on any atom is -0.460 e. The Balaban J connectivity index is 1.37. The van der Waals surface area contributed by atoms with Gasteiger partial charge in [-0.1, -0.05) is 30.3 Å². The molecule has 11 heteroatoms. The standard InChI is InChI=1S/C29H45N3O8/c1-29(2,3)40-27(35)23-9-11-24(12-10-23)32-26(34)14-17-37-19-20-38-18-16-30-25(33)13-15-31-28(36)39-21-22-7-5-4-6-8-22/h4-8,23-24H,9-21H2,1-3H3,(H,30,33)(H,31,36)(H,32,34)/t23-,24+. The molecule has 1 fully saturated rings. The van der Waals surface area contributed by atoms with E-state index in [-0.39, 0.29) is 55.7 Å². The fourth-order valence-corrected chi connectivity index (χ4v) is 4.05. The van der Waals surface area contributed by atoms with Crippen LogP contribution in [0, 0.1) is 5.92 Å². The number of ether oxygens (including phenoxy) is 4. The average molecular weight is 564 g/mol. The lowest BCUT2D eigenvalue weighted by atomic mass is 9.86. The van der Waals surface area contributed by atoms with Crippen LogP contribution in [-0.2, 0) is 39.9 Å². The quantitative estimate of drug-likeness (QED) is 0.206. The minimum atomic E-state index is -0.570. The van der Waals surface area contributed by atoms with Gasteiger partial charge in [-0.25, -0.2) is 4.79 Å². The summed E-state index contributed by atoms with van der Waals surface area (Å²) in [5.41, 5.74) is 0.405. The van der Waals surface area contributed by atoms with Crippen LogP contribution >= 0.6 is 0 Å². The molecule has 1 aliphatic carbocycles. The zero-order chi connectivity index (χ0) is 29.2. The normalized spacial score (nSPS) is 17.0. The molecule has 0 radical (unpaired) electrons. The summed E-state index contributed by atoms with van der Waals surface area (Å²) >= 11 is 0. The van der Waals surface area contributed by atoms with E-state index >= 15 is 0 Å². The smallest absolute Gasteiger partial charge is 0.407 e. The molecule has 1 aromatic rings. The molecule has 3 N–H and O–H groups in total. The van der Waals surface area contributed by atoms with Crippen LogP contribution in [-0.4, -0.2) is 75.0 Å². The summed E-state index contributed by atoms with van der Waals surface area (Å²) in [4.78, 5) is 47.9. The van der Waals surface area contributed by atoms with E-state index in [0.29, 0.717) is 33.0 Å². The number of carbonyl (C=O) groups excluding carboxylic acids is 4. The third-order valence-electron chi connectivity index (χ3n) is 6.08. The molecule has 11 nitrogen and oxygen atoms in total. The molecule has 40 heavy (non-hydrogen) atoms. The largest absolute Gasteiger partial charge is 0.460 e. The molecule has 0 aromatic heterocycles. The number of alkyl carbamates (subject to hydrolysis) is 1. The van der Waals surface area contributed by atoms with Crippen LogP contribution in [0.1, 0.15) is 64.9 Å². The number of amides is 3. The molecule has 224 valence electrons. The summed E-state index contributed by atoms with van der Waals surface area (Å²) < 4.78 is 21.4. The highest BCUT2D eigenvalue weighted by atomic mass is 16.6. The van der Waals surface area contributed by atoms with Gasteiger partial charge in [-0.05, 0) is 52.0 Å². The van der Waals surface area contributed by atoms with E-state index < -0.39 is 11.7 Å². The number of hydrogen-bond acceptors (Lipinski definition) is 8. The molecular formula is C29H45N3O8. The number of esters is 1. The van der Waals surface area contributed by atoms with Crippen molar-refractivity contribution in [3.8, 4) is 0 Å². The highest BCUT2D eigenvalue weighted by molar-refractivity contribution is 5.77. The number of carbonyl (C=O) groups is 4. The van der Waals surface area contributed by atoms with Gasteiger partial charge in [-0.3, -0.25) is 14.4 Å². The zero-order valence-corrected chi connectivity index (χ0v) is 24.0. The second-order valence-corrected chi connectivity index (χ2v) is 10.7. The highest BCUT2D eigenvalue weighted by Gasteiger charge is 2.30. The van der Waals surface area contributed by atoms with Crippen LogP contribution in [0.2, 0.25) is 0 Å². The minimum absolute atomic E-state index is 0.0664. The van der Waals surface area contributed by atoms with E-state index in [1.54, 1.807) is 0 Å². The fraction of sp³-hybridized carbons (Fsp3) is 0.655. The van der Waals surface area contributed by atoms with Gasteiger partial charge in [0.15, 0.2) is 0 Å². The molecule has 1 aromatic carbocycles. The Labute approximate surface area is 237 Å². The van der Waals surface area contributed by atoms with E-state index in [2.05, 4.69) is 16.0 Å². The van der Waals surface area contributed by atoms with Gasteiger partial charge in [0.1, 0.15) is 12.2 Å². The topological polar surface area (TPSA) is 141 Å². The number of nitrogens with one attached hydrogen (secondary N) is 3. The molecule has 0 unspecified atom stereocenters. The zero-order valence-electron chi connectivity index (χ0n) is 24.0. The van der Waals surface area contributed by atoms with E-state index in [0.717, 1.165) is 31.2 Å². The Bertz CT molecular complexity index is 912. The fourth-order valence-electron chi connectivity index (χ4n) is 4.05. The SMILES string of the molecule is CC(C)(C)OC(=O)[C@H]1CC[C@@H](NC(=O)CCOCCOCCNC(=O)CCNC(=O)OCc2ccccc2)CC1. The molecule has 0 heterocycles. The van der Waals surface area contributed by atoms with Gasteiger partial charge in [0.05, 0.1) is 32.3 Å². The number of benzene rings is 1. The van der Waals surface area contributed by atoms with Crippen molar-refractivity contribution < 1.29 is 38.1 Å². The summed E-state index contributed by atoms with van der Waals surface area (Å²) in [5, 5.41) is 8.27. The molecule has 0 saturated heterocycles. The van der Waals surface area contributed by atoms with Crippen molar-refractivity contribution in [1.29, 1.82) is 0 Å². The molecule has 3 amide bonds. The summed E-state index contributed by atoms with van der Waals surface area (Å²) in [7, 11) is 0. The number of rotatable bonds is 16. The van der Waals surface area contributed by atoms with Crippen molar-refractivity contribution in [2.24, 2.45) is 5.92 Å². The highest BCUT2D eigenvalue weighted by Crippen LogP contribution is 2.27. The van der Waals surface area contributed by atoms with Crippen LogP contribution in [0.15, 0.2) is 30.3 Å². The predicted octanol–water partition coefficient (Wildman–Crippen LogP) is 2.86. The lowest BCUT2D eigenvalue weighted by Gasteiger charge is -2.30. The molecule has 0 aliphatic heterocycles. The molecule has 1 saturated carbocycles. The van der Waals surface area contributed by atoms with Gasteiger partial charge in [0.2, 0.25) is 11.8 Å². The summed E-state index contributed by atoms with van der Waals surface area (Å²) in [6, 6.07) is 9.41. The monoisotopic (exact) mass is 563 g/mol. The van der Waals surface area contributed by atoms with Gasteiger partial charge in [-0.15, -0.1) is 0 Å². The maximum Gasteiger partial charge on any atom is 0.407 e. The first-order valence-corrected chi connectivity index (χ1v) is 14.0.